The minimum Gasteiger partial charge on any atom is -0.373 e. The highest BCUT2D eigenvalue weighted by molar-refractivity contribution is 5.85. The largest absolute Gasteiger partial charge is 0.373 e. The minimum absolute atomic E-state index is 0.118. The molecule has 0 saturated heterocycles. The van der Waals surface area contributed by atoms with E-state index in [0.29, 0.717) is 0 Å². The number of nitrogens with zero attached hydrogens (tertiary/aromatic N) is 1. The molecule has 0 radical (unpaired) electrons. The zero-order valence-corrected chi connectivity index (χ0v) is 11.3. The Morgan fingerprint density at radius 2 is 1.88 bits per heavy atom. The molecule has 0 saturated carbocycles. The third-order valence-electron chi connectivity index (χ3n) is 3.08. The normalized spacial score (nSPS) is 11.8. The molecule has 2 aromatic rings. The molecule has 0 atom stereocenters. The van der Waals surface area contributed by atoms with Crippen LogP contribution in [0, 0.1) is 6.92 Å². The predicted molar refractivity (Wildman–Crippen MR) is 74.7 cm³/mol. The molecule has 1 heterocycles. The molecule has 0 spiro atoms. The molecule has 1 aromatic heterocycles. The molecular weight excluding hydrogens is 208 g/mol. The van der Waals surface area contributed by atoms with Gasteiger partial charge in [-0.05, 0) is 29.5 Å². The summed E-state index contributed by atoms with van der Waals surface area (Å²) in [7, 11) is 1.92. The monoisotopic (exact) mass is 228 g/mol. The molecule has 0 bridgehead atoms. The molecule has 0 aliphatic rings. The summed E-state index contributed by atoms with van der Waals surface area (Å²) in [4.78, 5) is 4.75. The lowest BCUT2D eigenvalue weighted by atomic mass is 9.85. The number of fused-ring (bicyclic) bond motifs is 1. The van der Waals surface area contributed by atoms with E-state index in [1.807, 2.05) is 7.05 Å². The Balaban J connectivity index is 2.79. The number of nitrogens with one attached hydrogen (secondary N) is 1. The van der Waals surface area contributed by atoms with E-state index in [9.17, 15) is 0 Å². The SMILES string of the molecule is CNc1nc2c(C(C)(C)C)cccc2cc1C. The van der Waals surface area contributed by atoms with Gasteiger partial charge in [0.1, 0.15) is 5.82 Å². The lowest BCUT2D eigenvalue weighted by Crippen LogP contribution is -2.12. The second-order valence-electron chi connectivity index (χ2n) is 5.53. The average molecular weight is 228 g/mol. The smallest absolute Gasteiger partial charge is 0.129 e. The summed E-state index contributed by atoms with van der Waals surface area (Å²) in [5, 5.41) is 4.37. The second-order valence-corrected chi connectivity index (χ2v) is 5.53. The van der Waals surface area contributed by atoms with Crippen LogP contribution in [0.4, 0.5) is 5.82 Å². The van der Waals surface area contributed by atoms with E-state index in [0.717, 1.165) is 11.3 Å². The van der Waals surface area contributed by atoms with E-state index in [1.165, 1.54) is 16.5 Å². The maximum absolute atomic E-state index is 4.75. The number of aromatic nitrogens is 1. The minimum atomic E-state index is 0.118. The van der Waals surface area contributed by atoms with Crippen LogP contribution < -0.4 is 5.32 Å². The first-order valence-electron chi connectivity index (χ1n) is 6.02. The zero-order valence-electron chi connectivity index (χ0n) is 11.3. The summed E-state index contributed by atoms with van der Waals surface area (Å²) >= 11 is 0. The molecule has 0 unspecified atom stereocenters. The van der Waals surface area contributed by atoms with E-state index >= 15 is 0 Å². The molecule has 0 amide bonds. The summed E-state index contributed by atoms with van der Waals surface area (Å²) in [6.45, 7) is 8.76. The van der Waals surface area contributed by atoms with Crippen molar-refractivity contribution in [3.05, 3.63) is 35.4 Å². The highest BCUT2D eigenvalue weighted by atomic mass is 15.0. The molecule has 0 aliphatic carbocycles. The number of hydrogen-bond acceptors (Lipinski definition) is 2. The Kier molecular flexibility index (Phi) is 2.82. The third-order valence-corrected chi connectivity index (χ3v) is 3.08. The lowest BCUT2D eigenvalue weighted by Gasteiger charge is -2.21. The summed E-state index contributed by atoms with van der Waals surface area (Å²) in [5.74, 6) is 0.967. The van der Waals surface area contributed by atoms with Gasteiger partial charge in [0.15, 0.2) is 0 Å². The van der Waals surface area contributed by atoms with Crippen LogP contribution in [0.25, 0.3) is 10.9 Å². The van der Waals surface area contributed by atoms with E-state index in [-0.39, 0.29) is 5.41 Å². The van der Waals surface area contributed by atoms with E-state index in [4.69, 9.17) is 4.98 Å². The maximum atomic E-state index is 4.75. The van der Waals surface area contributed by atoms with Crippen LogP contribution in [0.5, 0.6) is 0 Å². The van der Waals surface area contributed by atoms with Gasteiger partial charge in [-0.25, -0.2) is 4.98 Å². The first-order chi connectivity index (χ1) is 7.93. The zero-order chi connectivity index (χ0) is 12.6. The molecule has 1 aromatic carbocycles. The number of benzene rings is 1. The Morgan fingerprint density at radius 1 is 1.18 bits per heavy atom. The molecule has 0 fully saturated rings. The standard InChI is InChI=1S/C15H20N2/c1-10-9-11-7-6-8-12(15(2,3)4)13(11)17-14(10)16-5/h6-9H,1-5H3,(H,16,17). The van der Waals surface area contributed by atoms with Gasteiger partial charge in [-0.1, -0.05) is 39.0 Å². The van der Waals surface area contributed by atoms with Crippen molar-refractivity contribution in [3.8, 4) is 0 Å². The molecule has 90 valence electrons. The van der Waals surface area contributed by atoms with Crippen LogP contribution in [0.1, 0.15) is 31.9 Å². The molecule has 1 N–H and O–H groups in total. The van der Waals surface area contributed by atoms with Crippen LogP contribution in [-0.4, -0.2) is 12.0 Å². The summed E-state index contributed by atoms with van der Waals surface area (Å²) in [6, 6.07) is 8.61. The average Bonchev–Trinajstić information content (AvgIpc) is 2.25. The van der Waals surface area contributed by atoms with E-state index < -0.39 is 0 Å². The summed E-state index contributed by atoms with van der Waals surface area (Å²) in [6.07, 6.45) is 0. The number of para-hydroxylation sites is 1. The molecule has 17 heavy (non-hydrogen) atoms. The molecule has 0 aliphatic heterocycles. The lowest BCUT2D eigenvalue weighted by molar-refractivity contribution is 0.594. The maximum Gasteiger partial charge on any atom is 0.129 e. The van der Waals surface area contributed by atoms with E-state index in [1.54, 1.807) is 0 Å². The van der Waals surface area contributed by atoms with Crippen molar-refractivity contribution in [1.29, 1.82) is 0 Å². The fraction of sp³-hybridized carbons (Fsp3) is 0.400. The second kappa shape index (κ2) is 4.02. The van der Waals surface area contributed by atoms with Gasteiger partial charge in [-0.2, -0.15) is 0 Å². The van der Waals surface area contributed by atoms with Gasteiger partial charge >= 0.3 is 0 Å². The van der Waals surface area contributed by atoms with Gasteiger partial charge in [0.05, 0.1) is 5.52 Å². The first kappa shape index (κ1) is 11.9. The molecule has 2 rings (SSSR count). The highest BCUT2D eigenvalue weighted by Crippen LogP contribution is 2.30. The number of rotatable bonds is 1. The van der Waals surface area contributed by atoms with Crippen LogP contribution >= 0.6 is 0 Å². The summed E-state index contributed by atoms with van der Waals surface area (Å²) < 4.78 is 0. The molecular formula is C15H20N2. The summed E-state index contributed by atoms with van der Waals surface area (Å²) in [5.41, 5.74) is 3.71. The van der Waals surface area contributed by atoms with Crippen molar-refractivity contribution < 1.29 is 0 Å². The number of pyridine rings is 1. The number of anilines is 1. The van der Waals surface area contributed by atoms with Crippen molar-refractivity contribution in [2.24, 2.45) is 0 Å². The highest BCUT2D eigenvalue weighted by Gasteiger charge is 2.18. The Morgan fingerprint density at radius 3 is 2.47 bits per heavy atom. The van der Waals surface area contributed by atoms with Gasteiger partial charge in [0.2, 0.25) is 0 Å². The van der Waals surface area contributed by atoms with Gasteiger partial charge in [-0.15, -0.1) is 0 Å². The Hall–Kier alpha value is -1.57. The third kappa shape index (κ3) is 2.12. The number of hydrogen-bond donors (Lipinski definition) is 1. The van der Waals surface area contributed by atoms with Gasteiger partial charge in [0, 0.05) is 12.4 Å². The van der Waals surface area contributed by atoms with Crippen molar-refractivity contribution in [1.82, 2.24) is 4.98 Å². The van der Waals surface area contributed by atoms with E-state index in [2.05, 4.69) is 57.3 Å². The molecule has 2 heteroatoms. The fourth-order valence-electron chi connectivity index (χ4n) is 2.16. The van der Waals surface area contributed by atoms with Crippen LogP contribution in [0.3, 0.4) is 0 Å². The topological polar surface area (TPSA) is 24.9 Å². The Bertz CT molecular complexity index is 551. The van der Waals surface area contributed by atoms with Gasteiger partial charge in [-0.3, -0.25) is 0 Å². The quantitative estimate of drug-likeness (QED) is 0.801. The van der Waals surface area contributed by atoms with Gasteiger partial charge in [0.25, 0.3) is 0 Å². The Labute approximate surface area is 103 Å². The van der Waals surface area contributed by atoms with Crippen molar-refractivity contribution in [2.45, 2.75) is 33.1 Å². The van der Waals surface area contributed by atoms with Crippen molar-refractivity contribution in [2.75, 3.05) is 12.4 Å². The van der Waals surface area contributed by atoms with Gasteiger partial charge < -0.3 is 5.32 Å². The van der Waals surface area contributed by atoms with Crippen molar-refractivity contribution in [3.63, 3.8) is 0 Å². The van der Waals surface area contributed by atoms with Crippen LogP contribution in [0.15, 0.2) is 24.3 Å². The first-order valence-corrected chi connectivity index (χ1v) is 6.02. The van der Waals surface area contributed by atoms with Crippen molar-refractivity contribution >= 4 is 16.7 Å². The number of aryl methyl sites for hydroxylation is 1. The van der Waals surface area contributed by atoms with Crippen LogP contribution in [-0.2, 0) is 5.41 Å². The molecule has 2 nitrogen and oxygen atoms in total. The predicted octanol–water partition coefficient (Wildman–Crippen LogP) is 3.88. The fourth-order valence-corrected chi connectivity index (χ4v) is 2.16. The van der Waals surface area contributed by atoms with Crippen LogP contribution in [0.2, 0.25) is 0 Å².